The Hall–Kier alpha value is -2.18. The number of benzene rings is 1. The molecule has 0 unspecified atom stereocenters. The highest BCUT2D eigenvalue weighted by atomic mass is 35.5. The molecule has 0 radical (unpaired) electrons. The predicted octanol–water partition coefficient (Wildman–Crippen LogP) is 4.89. The van der Waals surface area contributed by atoms with E-state index in [-0.39, 0.29) is 17.1 Å². The number of fused-ring (bicyclic) bond motifs is 1. The summed E-state index contributed by atoms with van der Waals surface area (Å²) in [5, 5.41) is 5.98. The molecule has 2 amide bonds. The van der Waals surface area contributed by atoms with Gasteiger partial charge in [0.05, 0.1) is 27.0 Å². The number of halogens is 2. The van der Waals surface area contributed by atoms with Crippen molar-refractivity contribution in [3.8, 4) is 0 Å². The van der Waals surface area contributed by atoms with Gasteiger partial charge in [0.25, 0.3) is 0 Å². The van der Waals surface area contributed by atoms with Gasteiger partial charge in [0.1, 0.15) is 0 Å². The van der Waals surface area contributed by atoms with Crippen LogP contribution in [0.25, 0.3) is 0 Å². The number of aryl methyl sites for hydroxylation is 1. The minimum absolute atomic E-state index is 0.0422. The third-order valence-corrected chi connectivity index (χ3v) is 4.87. The number of amides is 2. The fourth-order valence-corrected chi connectivity index (χ4v) is 3.35. The van der Waals surface area contributed by atoms with Gasteiger partial charge in [-0.2, -0.15) is 0 Å². The van der Waals surface area contributed by atoms with E-state index in [1.165, 1.54) is 0 Å². The van der Waals surface area contributed by atoms with Crippen LogP contribution in [0, 0.1) is 12.3 Å². The lowest BCUT2D eigenvalue weighted by Gasteiger charge is -2.30. The SMILES string of the molecule is Cc1nc(NC(=O)Nc2ccc(Cl)c(Cl)c2)nc2c1C(=O)CC(C)(C)C2. The van der Waals surface area contributed by atoms with E-state index in [9.17, 15) is 9.59 Å². The monoisotopic (exact) mass is 392 g/mol. The number of hydrogen-bond acceptors (Lipinski definition) is 4. The predicted molar refractivity (Wildman–Crippen MR) is 102 cm³/mol. The normalized spacial score (nSPS) is 15.3. The van der Waals surface area contributed by atoms with E-state index in [1.54, 1.807) is 25.1 Å². The average Bonchev–Trinajstić information content (AvgIpc) is 2.48. The molecular formula is C18H18Cl2N4O2. The molecule has 0 spiro atoms. The molecule has 6 nitrogen and oxygen atoms in total. The van der Waals surface area contributed by atoms with Crippen LogP contribution in [0.3, 0.4) is 0 Å². The molecule has 0 saturated heterocycles. The van der Waals surface area contributed by atoms with Gasteiger partial charge in [0, 0.05) is 12.1 Å². The van der Waals surface area contributed by atoms with E-state index < -0.39 is 6.03 Å². The molecular weight excluding hydrogens is 375 g/mol. The van der Waals surface area contributed by atoms with E-state index in [1.807, 2.05) is 13.8 Å². The molecule has 2 aromatic rings. The summed E-state index contributed by atoms with van der Waals surface area (Å²) in [6.07, 6.45) is 1.12. The Morgan fingerprint density at radius 2 is 1.85 bits per heavy atom. The quantitative estimate of drug-likeness (QED) is 0.761. The summed E-state index contributed by atoms with van der Waals surface area (Å²) in [5.41, 5.74) is 2.14. The van der Waals surface area contributed by atoms with Crippen molar-refractivity contribution in [2.45, 2.75) is 33.6 Å². The van der Waals surface area contributed by atoms with Crippen LogP contribution in [0.1, 0.15) is 42.0 Å². The third-order valence-electron chi connectivity index (χ3n) is 4.13. The lowest BCUT2D eigenvalue weighted by Crippen LogP contribution is -2.30. The van der Waals surface area contributed by atoms with E-state index >= 15 is 0 Å². The third kappa shape index (κ3) is 3.97. The van der Waals surface area contributed by atoms with Crippen LogP contribution < -0.4 is 10.6 Å². The van der Waals surface area contributed by atoms with Crippen LogP contribution in [0.2, 0.25) is 10.0 Å². The number of nitrogens with zero attached hydrogens (tertiary/aromatic N) is 2. The lowest BCUT2D eigenvalue weighted by atomic mass is 9.75. The Balaban J connectivity index is 1.80. The van der Waals surface area contributed by atoms with Crippen LogP contribution in [0.5, 0.6) is 0 Å². The number of carbonyl (C=O) groups is 2. The average molecular weight is 393 g/mol. The Kier molecular flexibility index (Phi) is 4.90. The minimum Gasteiger partial charge on any atom is -0.308 e. The fourth-order valence-electron chi connectivity index (χ4n) is 3.06. The highest BCUT2D eigenvalue weighted by molar-refractivity contribution is 6.42. The first-order valence-corrected chi connectivity index (χ1v) is 8.84. The molecule has 26 heavy (non-hydrogen) atoms. The zero-order valence-corrected chi connectivity index (χ0v) is 16.1. The Labute approximate surface area is 161 Å². The van der Waals surface area contributed by atoms with Gasteiger partial charge in [-0.15, -0.1) is 0 Å². The Morgan fingerprint density at radius 1 is 1.12 bits per heavy atom. The maximum atomic E-state index is 12.4. The molecule has 0 aliphatic heterocycles. The molecule has 3 rings (SSSR count). The van der Waals surface area contributed by atoms with Gasteiger partial charge in [0.2, 0.25) is 5.95 Å². The van der Waals surface area contributed by atoms with Gasteiger partial charge in [-0.05, 0) is 37.0 Å². The first kappa shape index (κ1) is 18.6. The summed E-state index contributed by atoms with van der Waals surface area (Å²) in [6.45, 7) is 5.80. The van der Waals surface area contributed by atoms with Gasteiger partial charge in [-0.25, -0.2) is 14.8 Å². The van der Waals surface area contributed by atoms with Crippen molar-refractivity contribution in [3.05, 3.63) is 45.2 Å². The molecule has 1 aromatic carbocycles. The van der Waals surface area contributed by atoms with Crippen molar-refractivity contribution in [3.63, 3.8) is 0 Å². The number of nitrogens with one attached hydrogen (secondary N) is 2. The fraction of sp³-hybridized carbons (Fsp3) is 0.333. The highest BCUT2D eigenvalue weighted by Crippen LogP contribution is 2.35. The number of hydrogen-bond donors (Lipinski definition) is 2. The minimum atomic E-state index is -0.510. The topological polar surface area (TPSA) is 84.0 Å². The standard InChI is InChI=1S/C18H18Cl2N4O2/c1-9-15-13(7-18(2,3)8-14(15)25)23-16(21-9)24-17(26)22-10-4-5-11(19)12(20)6-10/h4-6H,7-8H2,1-3H3,(H2,21,22,23,24,26). The number of urea groups is 1. The van der Waals surface area contributed by atoms with Crippen LogP contribution in [0.4, 0.5) is 16.4 Å². The molecule has 1 heterocycles. The maximum Gasteiger partial charge on any atom is 0.326 e. The number of rotatable bonds is 2. The van der Waals surface area contributed by atoms with E-state index in [2.05, 4.69) is 20.6 Å². The summed E-state index contributed by atoms with van der Waals surface area (Å²) in [4.78, 5) is 33.2. The van der Waals surface area contributed by atoms with Gasteiger partial charge in [-0.3, -0.25) is 10.1 Å². The van der Waals surface area contributed by atoms with Crippen LogP contribution in [-0.4, -0.2) is 21.8 Å². The van der Waals surface area contributed by atoms with Crippen molar-refractivity contribution in [1.82, 2.24) is 9.97 Å². The summed E-state index contributed by atoms with van der Waals surface area (Å²) >= 11 is 11.8. The smallest absolute Gasteiger partial charge is 0.308 e. The van der Waals surface area contributed by atoms with E-state index in [0.717, 1.165) is 0 Å². The van der Waals surface area contributed by atoms with Gasteiger partial charge < -0.3 is 5.32 Å². The molecule has 0 atom stereocenters. The summed E-state index contributed by atoms with van der Waals surface area (Å²) in [7, 11) is 0. The zero-order valence-electron chi connectivity index (χ0n) is 14.6. The van der Waals surface area contributed by atoms with E-state index in [4.69, 9.17) is 23.2 Å². The molecule has 8 heteroatoms. The zero-order chi connectivity index (χ0) is 19.1. The molecule has 0 bridgehead atoms. The van der Waals surface area contributed by atoms with Crippen molar-refractivity contribution >= 4 is 46.7 Å². The number of anilines is 2. The Morgan fingerprint density at radius 3 is 2.54 bits per heavy atom. The summed E-state index contributed by atoms with van der Waals surface area (Å²) < 4.78 is 0. The van der Waals surface area contributed by atoms with Crippen molar-refractivity contribution in [2.24, 2.45) is 5.41 Å². The van der Waals surface area contributed by atoms with Crippen LogP contribution in [0.15, 0.2) is 18.2 Å². The number of aromatic nitrogens is 2. The second-order valence-electron chi connectivity index (χ2n) is 7.10. The summed E-state index contributed by atoms with van der Waals surface area (Å²) in [6, 6.07) is 4.26. The van der Waals surface area contributed by atoms with Crippen molar-refractivity contribution in [1.29, 1.82) is 0 Å². The molecule has 0 fully saturated rings. The highest BCUT2D eigenvalue weighted by Gasteiger charge is 2.33. The van der Waals surface area contributed by atoms with Gasteiger partial charge >= 0.3 is 6.03 Å². The molecule has 2 N–H and O–H groups in total. The van der Waals surface area contributed by atoms with Crippen molar-refractivity contribution < 1.29 is 9.59 Å². The van der Waals surface area contributed by atoms with Gasteiger partial charge in [-0.1, -0.05) is 37.0 Å². The molecule has 136 valence electrons. The second-order valence-corrected chi connectivity index (χ2v) is 7.92. The molecule has 1 aliphatic carbocycles. The first-order chi connectivity index (χ1) is 12.1. The van der Waals surface area contributed by atoms with Gasteiger partial charge in [0.15, 0.2) is 5.78 Å². The Bertz CT molecular complexity index is 912. The van der Waals surface area contributed by atoms with Crippen molar-refractivity contribution in [2.75, 3.05) is 10.6 Å². The molecule has 1 aliphatic rings. The molecule has 1 aromatic heterocycles. The van der Waals surface area contributed by atoms with E-state index in [0.29, 0.717) is 45.5 Å². The summed E-state index contributed by atoms with van der Waals surface area (Å²) in [5.74, 6) is 0.199. The number of ketones is 1. The second kappa shape index (κ2) is 6.85. The van der Waals surface area contributed by atoms with Crippen LogP contribution >= 0.6 is 23.2 Å². The van der Waals surface area contributed by atoms with Crippen LogP contribution in [-0.2, 0) is 6.42 Å². The largest absolute Gasteiger partial charge is 0.326 e. The molecule has 0 saturated carbocycles. The first-order valence-electron chi connectivity index (χ1n) is 8.08. The number of Topliss-reactive ketones (excluding diaryl/α,β-unsaturated/α-hetero) is 1. The maximum absolute atomic E-state index is 12.4. The lowest BCUT2D eigenvalue weighted by molar-refractivity contribution is 0.0909. The number of carbonyl (C=O) groups excluding carboxylic acids is 2.